The van der Waals surface area contributed by atoms with Crippen LogP contribution in [0.15, 0.2) is 24.4 Å². The Kier molecular flexibility index (Phi) is 4.09. The zero-order valence-corrected chi connectivity index (χ0v) is 13.5. The van der Waals surface area contributed by atoms with Crippen molar-refractivity contribution in [1.29, 1.82) is 0 Å². The number of halogens is 1. The van der Waals surface area contributed by atoms with E-state index in [1.165, 1.54) is 5.56 Å². The molecule has 0 spiro atoms. The molecule has 0 saturated heterocycles. The zero-order valence-electron chi connectivity index (χ0n) is 12.8. The first-order valence-electron chi connectivity index (χ1n) is 6.80. The standard InChI is InChI=1S/C16H22ClN3/c1-11-8-13(17)6-7-14(11)18-9-12-10-20(5)19-15(12)16(2,3)4/h6-8,10,18H,9H2,1-5H3. The average Bonchev–Trinajstić information content (AvgIpc) is 2.69. The molecule has 1 aromatic carbocycles. The van der Waals surface area contributed by atoms with E-state index in [2.05, 4.69) is 44.3 Å². The largest absolute Gasteiger partial charge is 0.381 e. The molecule has 2 rings (SSSR count). The Morgan fingerprint density at radius 2 is 2.00 bits per heavy atom. The molecule has 20 heavy (non-hydrogen) atoms. The Balaban J connectivity index is 2.19. The number of nitrogens with zero attached hydrogens (tertiary/aromatic N) is 2. The number of aromatic nitrogens is 2. The number of benzene rings is 1. The Bertz CT molecular complexity index is 609. The lowest BCUT2D eigenvalue weighted by Gasteiger charge is -2.18. The molecule has 3 nitrogen and oxygen atoms in total. The molecule has 0 amide bonds. The fraction of sp³-hybridized carbons (Fsp3) is 0.438. The number of anilines is 1. The fourth-order valence-electron chi connectivity index (χ4n) is 2.31. The molecule has 1 aromatic heterocycles. The van der Waals surface area contributed by atoms with Crippen molar-refractivity contribution in [1.82, 2.24) is 9.78 Å². The topological polar surface area (TPSA) is 29.9 Å². The van der Waals surface area contributed by atoms with Crippen LogP contribution in [0, 0.1) is 6.92 Å². The monoisotopic (exact) mass is 291 g/mol. The Labute approximate surface area is 126 Å². The molecule has 4 heteroatoms. The molecule has 0 aliphatic carbocycles. The van der Waals surface area contributed by atoms with Gasteiger partial charge in [-0.1, -0.05) is 32.4 Å². The van der Waals surface area contributed by atoms with Gasteiger partial charge in [0.2, 0.25) is 0 Å². The summed E-state index contributed by atoms with van der Waals surface area (Å²) in [4.78, 5) is 0. The van der Waals surface area contributed by atoms with Crippen molar-refractivity contribution in [2.24, 2.45) is 7.05 Å². The van der Waals surface area contributed by atoms with Crippen molar-refractivity contribution in [3.05, 3.63) is 46.2 Å². The molecular weight excluding hydrogens is 270 g/mol. The Morgan fingerprint density at radius 1 is 1.30 bits per heavy atom. The maximum Gasteiger partial charge on any atom is 0.0727 e. The van der Waals surface area contributed by atoms with E-state index in [9.17, 15) is 0 Å². The molecule has 1 N–H and O–H groups in total. The van der Waals surface area contributed by atoms with Crippen molar-refractivity contribution < 1.29 is 0 Å². The molecule has 0 unspecified atom stereocenters. The molecule has 0 aliphatic heterocycles. The van der Waals surface area contributed by atoms with Crippen molar-refractivity contribution in [2.75, 3.05) is 5.32 Å². The van der Waals surface area contributed by atoms with Crippen molar-refractivity contribution >= 4 is 17.3 Å². The minimum Gasteiger partial charge on any atom is -0.381 e. The third-order valence-corrected chi connectivity index (χ3v) is 3.51. The van der Waals surface area contributed by atoms with Crippen LogP contribution in [-0.2, 0) is 19.0 Å². The lowest BCUT2D eigenvalue weighted by molar-refractivity contribution is 0.549. The average molecular weight is 292 g/mol. The van der Waals surface area contributed by atoms with E-state index in [1.54, 1.807) is 0 Å². The highest BCUT2D eigenvalue weighted by molar-refractivity contribution is 6.30. The third kappa shape index (κ3) is 3.34. The van der Waals surface area contributed by atoms with E-state index >= 15 is 0 Å². The highest BCUT2D eigenvalue weighted by Crippen LogP contribution is 2.26. The molecule has 0 fully saturated rings. The zero-order chi connectivity index (χ0) is 14.9. The second-order valence-corrected chi connectivity index (χ2v) is 6.68. The summed E-state index contributed by atoms with van der Waals surface area (Å²) in [5.74, 6) is 0. The molecule has 0 atom stereocenters. The Morgan fingerprint density at radius 3 is 2.60 bits per heavy atom. The quantitative estimate of drug-likeness (QED) is 0.914. The molecular formula is C16H22ClN3. The maximum atomic E-state index is 5.98. The summed E-state index contributed by atoms with van der Waals surface area (Å²) in [5, 5.41) is 8.82. The fourth-order valence-corrected chi connectivity index (χ4v) is 2.54. The van der Waals surface area contributed by atoms with E-state index < -0.39 is 0 Å². The highest BCUT2D eigenvalue weighted by Gasteiger charge is 2.21. The van der Waals surface area contributed by atoms with Crippen molar-refractivity contribution in [3.63, 3.8) is 0 Å². The lowest BCUT2D eigenvalue weighted by Crippen LogP contribution is -2.16. The minimum atomic E-state index is 0.0489. The van der Waals surface area contributed by atoms with Gasteiger partial charge in [-0.3, -0.25) is 4.68 Å². The summed E-state index contributed by atoms with van der Waals surface area (Å²) in [7, 11) is 1.96. The molecule has 0 radical (unpaired) electrons. The molecule has 0 bridgehead atoms. The van der Waals surface area contributed by atoms with Crippen LogP contribution in [-0.4, -0.2) is 9.78 Å². The molecule has 1 heterocycles. The van der Waals surface area contributed by atoms with Crippen LogP contribution in [0.5, 0.6) is 0 Å². The number of rotatable bonds is 3. The van der Waals surface area contributed by atoms with Gasteiger partial charge in [0.05, 0.1) is 5.69 Å². The van der Waals surface area contributed by atoms with Gasteiger partial charge in [-0.05, 0) is 30.7 Å². The van der Waals surface area contributed by atoms with Crippen molar-refractivity contribution in [3.8, 4) is 0 Å². The minimum absolute atomic E-state index is 0.0489. The van der Waals surface area contributed by atoms with Crippen LogP contribution in [0.1, 0.15) is 37.6 Å². The third-order valence-electron chi connectivity index (χ3n) is 3.27. The van der Waals surface area contributed by atoms with Gasteiger partial charge in [0.15, 0.2) is 0 Å². The lowest BCUT2D eigenvalue weighted by atomic mass is 9.89. The van der Waals surface area contributed by atoms with E-state index in [4.69, 9.17) is 11.6 Å². The summed E-state index contributed by atoms with van der Waals surface area (Å²) >= 11 is 5.98. The summed E-state index contributed by atoms with van der Waals surface area (Å²) in [5.41, 5.74) is 4.68. The van der Waals surface area contributed by atoms with Gasteiger partial charge >= 0.3 is 0 Å². The van der Waals surface area contributed by atoms with E-state index in [0.29, 0.717) is 0 Å². The maximum absolute atomic E-state index is 5.98. The Hall–Kier alpha value is -1.48. The number of hydrogen-bond donors (Lipinski definition) is 1. The summed E-state index contributed by atoms with van der Waals surface area (Å²) in [6, 6.07) is 5.90. The van der Waals surface area contributed by atoms with Crippen LogP contribution >= 0.6 is 11.6 Å². The van der Waals surface area contributed by atoms with Gasteiger partial charge in [-0.25, -0.2) is 0 Å². The normalized spacial score (nSPS) is 11.7. The molecule has 108 valence electrons. The van der Waals surface area contributed by atoms with Gasteiger partial charge in [0.1, 0.15) is 0 Å². The van der Waals surface area contributed by atoms with Gasteiger partial charge in [0.25, 0.3) is 0 Å². The number of nitrogens with one attached hydrogen (secondary N) is 1. The van der Waals surface area contributed by atoms with E-state index in [1.807, 2.05) is 29.9 Å². The SMILES string of the molecule is Cc1cc(Cl)ccc1NCc1cn(C)nc1C(C)(C)C. The predicted molar refractivity (Wildman–Crippen MR) is 85.4 cm³/mol. The smallest absolute Gasteiger partial charge is 0.0727 e. The molecule has 0 aliphatic rings. The van der Waals surface area contributed by atoms with Crippen LogP contribution in [0.4, 0.5) is 5.69 Å². The summed E-state index contributed by atoms with van der Waals surface area (Å²) in [6.45, 7) is 9.39. The molecule has 2 aromatic rings. The summed E-state index contributed by atoms with van der Waals surface area (Å²) < 4.78 is 1.88. The van der Waals surface area contributed by atoms with Crippen LogP contribution in [0.3, 0.4) is 0 Å². The first-order valence-corrected chi connectivity index (χ1v) is 7.18. The van der Waals surface area contributed by atoms with Gasteiger partial charge in [0, 0.05) is 41.5 Å². The van der Waals surface area contributed by atoms with Gasteiger partial charge < -0.3 is 5.32 Å². The predicted octanol–water partition coefficient (Wildman–Crippen LogP) is 4.29. The van der Waals surface area contributed by atoms with E-state index in [0.717, 1.165) is 28.5 Å². The highest BCUT2D eigenvalue weighted by atomic mass is 35.5. The van der Waals surface area contributed by atoms with Crippen LogP contribution in [0.25, 0.3) is 0 Å². The second kappa shape index (κ2) is 5.49. The first-order chi connectivity index (χ1) is 9.27. The van der Waals surface area contributed by atoms with Crippen LogP contribution < -0.4 is 5.32 Å². The second-order valence-electron chi connectivity index (χ2n) is 6.24. The van der Waals surface area contributed by atoms with Gasteiger partial charge in [-0.2, -0.15) is 5.10 Å². The summed E-state index contributed by atoms with van der Waals surface area (Å²) in [6.07, 6.45) is 2.08. The van der Waals surface area contributed by atoms with E-state index in [-0.39, 0.29) is 5.41 Å². The molecule has 0 saturated carbocycles. The number of aryl methyl sites for hydroxylation is 2. The first kappa shape index (κ1) is 14.9. The van der Waals surface area contributed by atoms with Crippen molar-refractivity contribution in [2.45, 2.75) is 39.7 Å². The van der Waals surface area contributed by atoms with Gasteiger partial charge in [-0.15, -0.1) is 0 Å². The van der Waals surface area contributed by atoms with Crippen LogP contribution in [0.2, 0.25) is 5.02 Å². The number of hydrogen-bond acceptors (Lipinski definition) is 2.